The molecule has 2 aliphatic rings. The maximum Gasteiger partial charge on any atom is 0.142 e. The molecule has 5 rings (SSSR count). The summed E-state index contributed by atoms with van der Waals surface area (Å²) in [7, 11) is 1.77. The number of fused-ring (bicyclic) bond motifs is 3. The Hall–Kier alpha value is -2.46. The third-order valence-corrected chi connectivity index (χ3v) is 7.44. The van der Waals surface area contributed by atoms with Crippen LogP contribution in [-0.4, -0.2) is 49.3 Å². The number of para-hydroxylation sites is 3. The summed E-state index contributed by atoms with van der Waals surface area (Å²) in [5.41, 5.74) is 5.96. The van der Waals surface area contributed by atoms with Gasteiger partial charge in [0.05, 0.1) is 12.8 Å². The molecule has 1 saturated heterocycles. The average Bonchev–Trinajstić information content (AvgIpc) is 3.11. The Labute approximate surface area is 192 Å². The van der Waals surface area contributed by atoms with Crippen molar-refractivity contribution in [2.75, 3.05) is 44.7 Å². The minimum atomic E-state index is 0.983. The van der Waals surface area contributed by atoms with E-state index in [1.165, 1.54) is 68.1 Å². The molecule has 1 aliphatic carbocycles. The van der Waals surface area contributed by atoms with E-state index in [1.807, 2.05) is 6.07 Å². The fraction of sp³-hybridized carbons (Fsp3) is 0.500. The number of nitrogens with zero attached hydrogens (tertiary/aromatic N) is 3. The molecule has 2 heterocycles. The first-order valence-corrected chi connectivity index (χ1v) is 12.5. The first-order valence-electron chi connectivity index (χ1n) is 12.5. The second-order valence-corrected chi connectivity index (χ2v) is 9.36. The lowest BCUT2D eigenvalue weighted by atomic mass is 9.97. The monoisotopic (exact) mass is 431 g/mol. The summed E-state index contributed by atoms with van der Waals surface area (Å²) >= 11 is 0. The third-order valence-electron chi connectivity index (χ3n) is 7.44. The van der Waals surface area contributed by atoms with Crippen LogP contribution in [-0.2, 0) is 19.4 Å². The number of piperazine rings is 1. The first kappa shape index (κ1) is 21.4. The van der Waals surface area contributed by atoms with E-state index in [-0.39, 0.29) is 0 Å². The van der Waals surface area contributed by atoms with Crippen LogP contribution in [0.5, 0.6) is 5.75 Å². The van der Waals surface area contributed by atoms with E-state index in [4.69, 9.17) is 4.74 Å². The Morgan fingerprint density at radius 3 is 2.38 bits per heavy atom. The molecule has 4 heteroatoms. The average molecular weight is 432 g/mol. The predicted molar refractivity (Wildman–Crippen MR) is 134 cm³/mol. The second-order valence-electron chi connectivity index (χ2n) is 9.36. The van der Waals surface area contributed by atoms with Gasteiger partial charge in [-0.1, -0.05) is 43.2 Å². The highest BCUT2D eigenvalue weighted by Gasteiger charge is 2.21. The van der Waals surface area contributed by atoms with Crippen LogP contribution in [0.15, 0.2) is 48.5 Å². The van der Waals surface area contributed by atoms with Crippen molar-refractivity contribution in [3.63, 3.8) is 0 Å². The van der Waals surface area contributed by atoms with E-state index in [2.05, 4.69) is 56.8 Å². The molecule has 170 valence electrons. The summed E-state index contributed by atoms with van der Waals surface area (Å²) in [5, 5.41) is 1.51. The van der Waals surface area contributed by atoms with E-state index >= 15 is 0 Å². The Morgan fingerprint density at radius 2 is 1.53 bits per heavy atom. The van der Waals surface area contributed by atoms with Gasteiger partial charge in [-0.2, -0.15) is 0 Å². The number of hydrogen-bond donors (Lipinski definition) is 0. The van der Waals surface area contributed by atoms with E-state index in [1.54, 1.807) is 18.4 Å². The van der Waals surface area contributed by atoms with Crippen molar-refractivity contribution in [2.45, 2.75) is 51.5 Å². The lowest BCUT2D eigenvalue weighted by molar-refractivity contribution is 0.250. The highest BCUT2D eigenvalue weighted by Crippen LogP contribution is 2.31. The van der Waals surface area contributed by atoms with Crippen molar-refractivity contribution >= 4 is 16.6 Å². The number of anilines is 1. The van der Waals surface area contributed by atoms with Crippen molar-refractivity contribution in [2.24, 2.45) is 0 Å². The summed E-state index contributed by atoms with van der Waals surface area (Å²) in [5.74, 6) is 0.983. The Balaban J connectivity index is 1.22. The molecule has 0 N–H and O–H groups in total. The van der Waals surface area contributed by atoms with Gasteiger partial charge in [0, 0.05) is 49.3 Å². The standard InChI is InChI=1S/C28H37N3O/c1-32-28-16-9-8-15-27(28)30-21-19-29(20-22-30)17-10-18-31-25-13-5-3-2-4-11-23(25)24-12-6-7-14-26(24)31/h6-9,12,14-16H,2-5,10-11,13,17-22H2,1H3. The summed E-state index contributed by atoms with van der Waals surface area (Å²) in [6, 6.07) is 17.5. The Bertz CT molecular complexity index is 1030. The molecular formula is C28H37N3O. The van der Waals surface area contributed by atoms with Crippen molar-refractivity contribution in [1.82, 2.24) is 9.47 Å². The SMILES string of the molecule is COc1ccccc1N1CCN(CCCn2c3c(c4ccccc42)CCCCCC3)CC1. The topological polar surface area (TPSA) is 20.6 Å². The minimum Gasteiger partial charge on any atom is -0.495 e. The lowest BCUT2D eigenvalue weighted by Crippen LogP contribution is -2.46. The number of benzene rings is 2. The molecule has 1 fully saturated rings. The minimum absolute atomic E-state index is 0.983. The molecule has 1 aromatic heterocycles. The molecule has 0 amide bonds. The van der Waals surface area contributed by atoms with Crippen molar-refractivity contribution in [3.8, 4) is 5.75 Å². The van der Waals surface area contributed by atoms with Crippen LogP contribution in [0.3, 0.4) is 0 Å². The molecule has 0 radical (unpaired) electrons. The van der Waals surface area contributed by atoms with Crippen molar-refractivity contribution < 1.29 is 4.74 Å². The Kier molecular flexibility index (Phi) is 6.68. The molecule has 0 bridgehead atoms. The van der Waals surface area contributed by atoms with Gasteiger partial charge in [0.1, 0.15) is 5.75 Å². The summed E-state index contributed by atoms with van der Waals surface area (Å²) in [4.78, 5) is 5.11. The molecular weight excluding hydrogens is 394 g/mol. The molecule has 3 aromatic rings. The van der Waals surface area contributed by atoms with Gasteiger partial charge in [0.2, 0.25) is 0 Å². The van der Waals surface area contributed by atoms with E-state index in [0.29, 0.717) is 0 Å². The van der Waals surface area contributed by atoms with E-state index in [9.17, 15) is 0 Å². The molecule has 32 heavy (non-hydrogen) atoms. The second kappa shape index (κ2) is 9.99. The van der Waals surface area contributed by atoms with Gasteiger partial charge in [0.15, 0.2) is 0 Å². The molecule has 0 saturated carbocycles. The molecule has 1 aliphatic heterocycles. The highest BCUT2D eigenvalue weighted by atomic mass is 16.5. The highest BCUT2D eigenvalue weighted by molar-refractivity contribution is 5.85. The van der Waals surface area contributed by atoms with Gasteiger partial charge in [0.25, 0.3) is 0 Å². The van der Waals surface area contributed by atoms with Gasteiger partial charge in [-0.25, -0.2) is 0 Å². The van der Waals surface area contributed by atoms with Crippen LogP contribution in [0.2, 0.25) is 0 Å². The third kappa shape index (κ3) is 4.38. The molecule has 0 spiro atoms. The van der Waals surface area contributed by atoms with Gasteiger partial charge in [-0.15, -0.1) is 0 Å². The number of ether oxygens (including phenoxy) is 1. The van der Waals surface area contributed by atoms with Gasteiger partial charge in [-0.05, 0) is 62.4 Å². The van der Waals surface area contributed by atoms with Crippen LogP contribution >= 0.6 is 0 Å². The number of methoxy groups -OCH3 is 1. The largest absolute Gasteiger partial charge is 0.495 e. The zero-order valence-electron chi connectivity index (χ0n) is 19.6. The van der Waals surface area contributed by atoms with Crippen LogP contribution in [0, 0.1) is 0 Å². The van der Waals surface area contributed by atoms with Gasteiger partial charge >= 0.3 is 0 Å². The van der Waals surface area contributed by atoms with Crippen molar-refractivity contribution in [3.05, 3.63) is 59.8 Å². The Morgan fingerprint density at radius 1 is 0.781 bits per heavy atom. The van der Waals surface area contributed by atoms with E-state index < -0.39 is 0 Å². The van der Waals surface area contributed by atoms with Crippen LogP contribution < -0.4 is 9.64 Å². The first-order chi connectivity index (χ1) is 15.8. The molecule has 0 unspecified atom stereocenters. The fourth-order valence-electron chi connectivity index (χ4n) is 5.75. The fourth-order valence-corrected chi connectivity index (χ4v) is 5.75. The summed E-state index contributed by atoms with van der Waals surface area (Å²) < 4.78 is 8.24. The van der Waals surface area contributed by atoms with Crippen LogP contribution in [0.25, 0.3) is 10.9 Å². The number of aromatic nitrogens is 1. The number of aryl methyl sites for hydroxylation is 2. The predicted octanol–water partition coefficient (Wildman–Crippen LogP) is 5.52. The quantitative estimate of drug-likeness (QED) is 0.513. The van der Waals surface area contributed by atoms with Gasteiger partial charge < -0.3 is 14.2 Å². The zero-order valence-corrected chi connectivity index (χ0v) is 19.6. The molecule has 0 atom stereocenters. The summed E-state index contributed by atoms with van der Waals surface area (Å²) in [6.07, 6.45) is 9.19. The smallest absolute Gasteiger partial charge is 0.142 e. The van der Waals surface area contributed by atoms with Gasteiger partial charge in [-0.3, -0.25) is 4.90 Å². The van der Waals surface area contributed by atoms with Crippen LogP contribution in [0.1, 0.15) is 43.4 Å². The maximum absolute atomic E-state index is 5.57. The number of hydrogen-bond acceptors (Lipinski definition) is 3. The van der Waals surface area contributed by atoms with E-state index in [0.717, 1.165) is 38.5 Å². The normalized spacial score (nSPS) is 17.7. The number of rotatable bonds is 6. The van der Waals surface area contributed by atoms with Crippen LogP contribution in [0.4, 0.5) is 5.69 Å². The van der Waals surface area contributed by atoms with Crippen molar-refractivity contribution in [1.29, 1.82) is 0 Å². The zero-order chi connectivity index (χ0) is 21.8. The molecule has 2 aromatic carbocycles. The summed E-state index contributed by atoms with van der Waals surface area (Å²) in [6.45, 7) is 6.72. The maximum atomic E-state index is 5.57. The molecule has 4 nitrogen and oxygen atoms in total. The lowest BCUT2D eigenvalue weighted by Gasteiger charge is -2.36.